The Bertz CT molecular complexity index is 461. The van der Waals surface area contributed by atoms with E-state index in [-0.39, 0.29) is 17.4 Å². The maximum atomic E-state index is 11.9. The van der Waals surface area contributed by atoms with Gasteiger partial charge in [-0.1, -0.05) is 0 Å². The van der Waals surface area contributed by atoms with Crippen molar-refractivity contribution in [1.82, 2.24) is 9.88 Å². The Morgan fingerprint density at radius 2 is 2.35 bits per heavy atom. The maximum Gasteiger partial charge on any atom is 0.250 e. The molecule has 1 aliphatic heterocycles. The van der Waals surface area contributed by atoms with Gasteiger partial charge in [-0.05, 0) is 25.5 Å². The fourth-order valence-corrected chi connectivity index (χ4v) is 1.99. The summed E-state index contributed by atoms with van der Waals surface area (Å²) in [6.45, 7) is 1.72. The molecule has 1 aromatic heterocycles. The van der Waals surface area contributed by atoms with Crippen molar-refractivity contribution in [1.29, 1.82) is 0 Å². The highest BCUT2D eigenvalue weighted by Gasteiger charge is 2.20. The molecule has 0 spiro atoms. The average Bonchev–Trinajstić information content (AvgIpc) is 2.35. The molecule has 1 aromatic rings. The molecule has 1 amide bonds. The lowest BCUT2D eigenvalue weighted by molar-refractivity contribution is -0.120. The molecule has 92 valence electrons. The molecule has 2 N–H and O–H groups in total. The van der Waals surface area contributed by atoms with E-state index in [1.54, 1.807) is 19.3 Å². The summed E-state index contributed by atoms with van der Waals surface area (Å²) in [5, 5.41) is 6.05. The summed E-state index contributed by atoms with van der Waals surface area (Å²) in [5.74, 6) is 0.0526. The van der Waals surface area contributed by atoms with Crippen LogP contribution in [-0.4, -0.2) is 23.6 Å². The first-order valence-electron chi connectivity index (χ1n) is 5.85. The van der Waals surface area contributed by atoms with E-state index in [0.717, 1.165) is 25.9 Å². The van der Waals surface area contributed by atoms with E-state index < -0.39 is 0 Å². The number of nitrogens with one attached hydrogen (secondary N) is 2. The first kappa shape index (κ1) is 11.9. The van der Waals surface area contributed by atoms with E-state index in [1.807, 2.05) is 0 Å². The van der Waals surface area contributed by atoms with Crippen LogP contribution >= 0.6 is 0 Å². The van der Waals surface area contributed by atoms with Crippen molar-refractivity contribution in [3.8, 4) is 0 Å². The van der Waals surface area contributed by atoms with E-state index >= 15 is 0 Å². The zero-order chi connectivity index (χ0) is 12.3. The number of hydrogen-bond donors (Lipinski definition) is 2. The molecule has 1 fully saturated rings. The molecule has 0 bridgehead atoms. The van der Waals surface area contributed by atoms with Crippen LogP contribution in [0.25, 0.3) is 0 Å². The van der Waals surface area contributed by atoms with Gasteiger partial charge >= 0.3 is 0 Å². The molecule has 5 nitrogen and oxygen atoms in total. The normalized spacial score (nSPS) is 19.9. The fourth-order valence-electron chi connectivity index (χ4n) is 1.99. The zero-order valence-electron chi connectivity index (χ0n) is 9.90. The highest BCUT2D eigenvalue weighted by atomic mass is 16.2. The van der Waals surface area contributed by atoms with Crippen LogP contribution in [0.4, 0.5) is 5.69 Å². The predicted octanol–water partition coefficient (Wildman–Crippen LogP) is 0.323. The SMILES string of the molecule is Cn1cc(NC(=O)C2CCCNC2)ccc1=O. The fraction of sp³-hybridized carbons (Fsp3) is 0.500. The van der Waals surface area contributed by atoms with E-state index in [4.69, 9.17) is 0 Å². The second kappa shape index (κ2) is 5.14. The second-order valence-electron chi connectivity index (χ2n) is 4.40. The van der Waals surface area contributed by atoms with Gasteiger partial charge in [0.1, 0.15) is 0 Å². The molecule has 0 aromatic carbocycles. The van der Waals surface area contributed by atoms with Crippen molar-refractivity contribution in [2.45, 2.75) is 12.8 Å². The number of amides is 1. The number of hydrogen-bond acceptors (Lipinski definition) is 3. The number of nitrogens with zero attached hydrogens (tertiary/aromatic N) is 1. The highest BCUT2D eigenvalue weighted by Crippen LogP contribution is 2.13. The van der Waals surface area contributed by atoms with Gasteiger partial charge in [-0.15, -0.1) is 0 Å². The van der Waals surface area contributed by atoms with Gasteiger partial charge in [0.05, 0.1) is 11.6 Å². The monoisotopic (exact) mass is 235 g/mol. The van der Waals surface area contributed by atoms with Gasteiger partial charge in [0.2, 0.25) is 11.5 Å². The molecule has 1 atom stereocenters. The van der Waals surface area contributed by atoms with Gasteiger partial charge in [0.25, 0.3) is 0 Å². The van der Waals surface area contributed by atoms with Crippen LogP contribution < -0.4 is 16.2 Å². The smallest absolute Gasteiger partial charge is 0.250 e. The Balaban J connectivity index is 2.02. The third-order valence-corrected chi connectivity index (χ3v) is 3.02. The molecule has 0 aliphatic carbocycles. The van der Waals surface area contributed by atoms with E-state index in [1.165, 1.54) is 10.6 Å². The van der Waals surface area contributed by atoms with Crippen LogP contribution in [0.5, 0.6) is 0 Å². The Morgan fingerprint density at radius 1 is 1.53 bits per heavy atom. The van der Waals surface area contributed by atoms with E-state index in [0.29, 0.717) is 5.69 Å². The molecular formula is C12H17N3O2. The van der Waals surface area contributed by atoms with Gasteiger partial charge in [-0.3, -0.25) is 9.59 Å². The van der Waals surface area contributed by atoms with Gasteiger partial charge in [0.15, 0.2) is 0 Å². The number of anilines is 1. The Kier molecular flexibility index (Phi) is 3.58. The second-order valence-corrected chi connectivity index (χ2v) is 4.40. The van der Waals surface area contributed by atoms with Crippen LogP contribution in [0.3, 0.4) is 0 Å². The molecule has 0 radical (unpaired) electrons. The van der Waals surface area contributed by atoms with Crippen molar-refractivity contribution >= 4 is 11.6 Å². The molecule has 17 heavy (non-hydrogen) atoms. The lowest BCUT2D eigenvalue weighted by atomic mass is 9.99. The molecule has 2 heterocycles. The highest BCUT2D eigenvalue weighted by molar-refractivity contribution is 5.92. The summed E-state index contributed by atoms with van der Waals surface area (Å²) in [4.78, 5) is 23.1. The predicted molar refractivity (Wildman–Crippen MR) is 65.9 cm³/mol. The first-order valence-corrected chi connectivity index (χ1v) is 5.85. The minimum atomic E-state index is -0.0812. The van der Waals surface area contributed by atoms with E-state index in [2.05, 4.69) is 10.6 Å². The van der Waals surface area contributed by atoms with Gasteiger partial charge in [-0.25, -0.2) is 0 Å². The molecule has 5 heteroatoms. The maximum absolute atomic E-state index is 11.9. The number of aryl methyl sites for hydroxylation is 1. The van der Waals surface area contributed by atoms with Crippen LogP contribution in [-0.2, 0) is 11.8 Å². The van der Waals surface area contributed by atoms with Crippen molar-refractivity contribution < 1.29 is 4.79 Å². The summed E-state index contributed by atoms with van der Waals surface area (Å²) in [6.07, 6.45) is 3.59. The van der Waals surface area contributed by atoms with Crippen LogP contribution in [0.15, 0.2) is 23.1 Å². The molecule has 2 rings (SSSR count). The molecular weight excluding hydrogens is 218 g/mol. The third-order valence-electron chi connectivity index (χ3n) is 3.02. The largest absolute Gasteiger partial charge is 0.325 e. The number of aromatic nitrogens is 1. The molecule has 1 saturated heterocycles. The number of piperidine rings is 1. The van der Waals surface area contributed by atoms with E-state index in [9.17, 15) is 9.59 Å². The standard InChI is InChI=1S/C12H17N3O2/c1-15-8-10(4-5-11(15)16)14-12(17)9-3-2-6-13-7-9/h4-5,8-9,13H,2-3,6-7H2,1H3,(H,14,17). The van der Waals surface area contributed by atoms with Crippen LogP contribution in [0.1, 0.15) is 12.8 Å². The summed E-state index contributed by atoms with van der Waals surface area (Å²) in [6, 6.07) is 3.09. The zero-order valence-corrected chi connectivity index (χ0v) is 9.90. The quantitative estimate of drug-likeness (QED) is 0.776. The van der Waals surface area contributed by atoms with Crippen molar-refractivity contribution in [3.63, 3.8) is 0 Å². The number of carbonyl (C=O) groups excluding carboxylic acids is 1. The summed E-state index contributed by atoms with van der Waals surface area (Å²) < 4.78 is 1.45. The van der Waals surface area contributed by atoms with Gasteiger partial charge < -0.3 is 15.2 Å². The molecule has 0 saturated carbocycles. The summed E-state index contributed by atoms with van der Waals surface area (Å²) >= 11 is 0. The average molecular weight is 235 g/mol. The topological polar surface area (TPSA) is 63.1 Å². The molecule has 1 aliphatic rings. The molecule has 1 unspecified atom stereocenters. The number of pyridine rings is 1. The minimum absolute atomic E-state index is 0.0239. The lowest BCUT2D eigenvalue weighted by Gasteiger charge is -2.21. The first-order chi connectivity index (χ1) is 8.16. The Hall–Kier alpha value is -1.62. The number of rotatable bonds is 2. The van der Waals surface area contributed by atoms with Crippen LogP contribution in [0.2, 0.25) is 0 Å². The van der Waals surface area contributed by atoms with Crippen molar-refractivity contribution in [2.75, 3.05) is 18.4 Å². The summed E-state index contributed by atoms with van der Waals surface area (Å²) in [7, 11) is 1.67. The lowest BCUT2D eigenvalue weighted by Crippen LogP contribution is -2.37. The van der Waals surface area contributed by atoms with Crippen molar-refractivity contribution in [2.24, 2.45) is 13.0 Å². The summed E-state index contributed by atoms with van der Waals surface area (Å²) in [5.41, 5.74) is 0.588. The van der Waals surface area contributed by atoms with Gasteiger partial charge in [0, 0.05) is 25.9 Å². The Morgan fingerprint density at radius 3 is 3.00 bits per heavy atom. The van der Waals surface area contributed by atoms with Crippen molar-refractivity contribution in [3.05, 3.63) is 28.7 Å². The van der Waals surface area contributed by atoms with Gasteiger partial charge in [-0.2, -0.15) is 0 Å². The van der Waals surface area contributed by atoms with Crippen LogP contribution in [0, 0.1) is 5.92 Å². The minimum Gasteiger partial charge on any atom is -0.325 e. The number of carbonyl (C=O) groups is 1. The Labute approximate surface area is 99.8 Å². The third kappa shape index (κ3) is 2.94.